The molecule has 270 valence electrons. The molecule has 3 aliphatic rings. The number of piperazine rings is 1. The van der Waals surface area contributed by atoms with Crippen LogP contribution in [0.5, 0.6) is 0 Å². The molecule has 1 aliphatic carbocycles. The topological polar surface area (TPSA) is 147 Å². The summed E-state index contributed by atoms with van der Waals surface area (Å²) >= 11 is 0. The Hall–Kier alpha value is -4.33. The maximum atomic E-state index is 13.5. The lowest BCUT2D eigenvalue weighted by Gasteiger charge is -2.38. The molecule has 0 spiro atoms. The smallest absolute Gasteiger partial charge is 0.475 e. The van der Waals surface area contributed by atoms with Crippen LogP contribution in [0.25, 0.3) is 11.2 Å². The summed E-state index contributed by atoms with van der Waals surface area (Å²) in [4.78, 5) is 43.4. The minimum atomic E-state index is -5.08. The standard InChI is InChI=1S/C32H44N10O.C2HF3O2/c1-38-13-5-8-26(19-38)21-41-16-14-40(15-17-41)20-25-9-11-27(12-10-25)32(43)37-42(22-24-6-3-4-7-24)31-29-30(39(2)23-34-29)35-28(18-33)36-31;3-2(4,5)1(6)7/h9-12,23-24,26H,3-8,13-17,19-22H2,1-2H3,(H,37,43);(H,6,7). The number of imidazole rings is 1. The Morgan fingerprint density at radius 1 is 0.980 bits per heavy atom. The molecule has 2 aliphatic heterocycles. The second-order valence-electron chi connectivity index (χ2n) is 13.6. The summed E-state index contributed by atoms with van der Waals surface area (Å²) in [5.74, 6) is -1.19. The van der Waals surface area contributed by atoms with E-state index in [0.717, 1.165) is 51.5 Å². The number of halogens is 3. The number of carboxylic acid groups (broad SMARTS) is 1. The molecule has 6 rings (SSSR count). The molecular formula is C34H45F3N10O3. The summed E-state index contributed by atoms with van der Waals surface area (Å²) in [5, 5.41) is 18.5. The van der Waals surface area contributed by atoms with Crippen LogP contribution in [0, 0.1) is 23.2 Å². The molecule has 50 heavy (non-hydrogen) atoms. The van der Waals surface area contributed by atoms with Gasteiger partial charge in [-0.3, -0.25) is 20.1 Å². The average Bonchev–Trinajstić information content (AvgIpc) is 3.74. The van der Waals surface area contributed by atoms with Gasteiger partial charge in [-0.2, -0.15) is 28.4 Å². The van der Waals surface area contributed by atoms with Gasteiger partial charge in [-0.15, -0.1) is 0 Å². The van der Waals surface area contributed by atoms with Crippen LogP contribution in [-0.2, 0) is 18.4 Å². The van der Waals surface area contributed by atoms with E-state index < -0.39 is 12.1 Å². The van der Waals surface area contributed by atoms with E-state index in [1.807, 2.05) is 19.2 Å². The zero-order chi connectivity index (χ0) is 35.8. The van der Waals surface area contributed by atoms with Crippen LogP contribution in [0.2, 0.25) is 0 Å². The van der Waals surface area contributed by atoms with Crippen molar-refractivity contribution in [2.75, 3.05) is 64.4 Å². The number of piperidine rings is 1. The molecule has 0 radical (unpaired) electrons. The Morgan fingerprint density at radius 3 is 2.24 bits per heavy atom. The molecule has 2 aromatic heterocycles. The minimum Gasteiger partial charge on any atom is -0.475 e. The highest BCUT2D eigenvalue weighted by Gasteiger charge is 2.38. The molecule has 0 bridgehead atoms. The van der Waals surface area contributed by atoms with Gasteiger partial charge >= 0.3 is 12.1 Å². The number of nitrogens with zero attached hydrogens (tertiary/aromatic N) is 9. The van der Waals surface area contributed by atoms with Gasteiger partial charge in [0.05, 0.1) is 6.33 Å². The van der Waals surface area contributed by atoms with Gasteiger partial charge in [-0.1, -0.05) is 25.0 Å². The Labute approximate surface area is 289 Å². The number of aliphatic carboxylic acids is 1. The van der Waals surface area contributed by atoms with Crippen molar-refractivity contribution in [1.29, 1.82) is 5.26 Å². The number of anilines is 1. The normalized spacial score (nSPS) is 19.5. The number of carbonyl (C=O) groups is 2. The molecule has 3 aromatic rings. The molecule has 16 heteroatoms. The molecule has 1 aromatic carbocycles. The van der Waals surface area contributed by atoms with Crippen LogP contribution in [0.3, 0.4) is 0 Å². The van der Waals surface area contributed by atoms with Crippen molar-refractivity contribution in [3.05, 3.63) is 47.5 Å². The van der Waals surface area contributed by atoms with Gasteiger partial charge < -0.3 is 19.5 Å². The molecule has 2 N–H and O–H groups in total. The van der Waals surface area contributed by atoms with Gasteiger partial charge in [0.25, 0.3) is 5.91 Å². The Balaban J connectivity index is 0.000000630. The number of likely N-dealkylation sites (tertiary alicyclic amines) is 1. The fourth-order valence-corrected chi connectivity index (χ4v) is 6.99. The zero-order valence-electron chi connectivity index (χ0n) is 28.6. The van der Waals surface area contributed by atoms with Crippen molar-refractivity contribution in [2.45, 2.75) is 51.2 Å². The van der Waals surface area contributed by atoms with E-state index >= 15 is 0 Å². The van der Waals surface area contributed by atoms with Crippen LogP contribution in [0.4, 0.5) is 19.0 Å². The van der Waals surface area contributed by atoms with Gasteiger partial charge in [0, 0.05) is 65.0 Å². The SMILES string of the molecule is CN1CCCC(CN2CCN(Cc3ccc(C(=O)NN(CC4CCCC4)c4nc(C#N)nc5c4ncn5C)cc3)CC2)C1.O=C(O)C(F)(F)F. The van der Waals surface area contributed by atoms with Crippen molar-refractivity contribution in [1.82, 2.24) is 39.6 Å². The van der Waals surface area contributed by atoms with Crippen molar-refractivity contribution in [3.63, 3.8) is 0 Å². The van der Waals surface area contributed by atoms with Crippen molar-refractivity contribution in [2.24, 2.45) is 18.9 Å². The first-order valence-electron chi connectivity index (χ1n) is 17.1. The maximum absolute atomic E-state index is 13.5. The highest BCUT2D eigenvalue weighted by atomic mass is 19.4. The lowest BCUT2D eigenvalue weighted by molar-refractivity contribution is -0.192. The number of rotatable bonds is 9. The lowest BCUT2D eigenvalue weighted by Crippen LogP contribution is -2.48. The Morgan fingerprint density at radius 2 is 1.62 bits per heavy atom. The molecule has 4 heterocycles. The second kappa shape index (κ2) is 16.6. The van der Waals surface area contributed by atoms with Gasteiger partial charge in [-0.05, 0) is 68.8 Å². The first-order chi connectivity index (χ1) is 23.9. The number of hydrogen-bond acceptors (Lipinski definition) is 10. The van der Waals surface area contributed by atoms with Crippen LogP contribution in [-0.4, -0.2) is 117 Å². The highest BCUT2D eigenvalue weighted by Crippen LogP contribution is 2.29. The van der Waals surface area contributed by atoms with Crippen molar-refractivity contribution >= 4 is 28.9 Å². The molecule has 1 amide bonds. The highest BCUT2D eigenvalue weighted by molar-refractivity contribution is 5.96. The summed E-state index contributed by atoms with van der Waals surface area (Å²) in [6.07, 6.45) is 3.85. The number of carboxylic acids is 1. The van der Waals surface area contributed by atoms with E-state index in [0.29, 0.717) is 35.0 Å². The predicted octanol–water partition coefficient (Wildman–Crippen LogP) is 3.67. The van der Waals surface area contributed by atoms with Crippen molar-refractivity contribution in [3.8, 4) is 6.07 Å². The number of fused-ring (bicyclic) bond motifs is 1. The number of amides is 1. The molecule has 13 nitrogen and oxygen atoms in total. The van der Waals surface area contributed by atoms with Gasteiger partial charge in [0.1, 0.15) is 6.07 Å². The summed E-state index contributed by atoms with van der Waals surface area (Å²) in [6, 6.07) is 10.0. The third kappa shape index (κ3) is 9.89. The summed E-state index contributed by atoms with van der Waals surface area (Å²) in [5.41, 5.74) is 6.04. The number of nitriles is 1. The lowest BCUT2D eigenvalue weighted by atomic mass is 9.97. The number of nitrogens with one attached hydrogen (secondary N) is 1. The number of hydrogen-bond donors (Lipinski definition) is 2. The first-order valence-corrected chi connectivity index (χ1v) is 17.1. The third-order valence-electron chi connectivity index (χ3n) is 9.62. The number of benzene rings is 1. The largest absolute Gasteiger partial charge is 0.490 e. The van der Waals surface area contributed by atoms with Gasteiger partial charge in [-0.25, -0.2) is 9.78 Å². The molecule has 1 atom stereocenters. The number of alkyl halides is 3. The Kier molecular flexibility index (Phi) is 12.3. The molecular weight excluding hydrogens is 653 g/mol. The van der Waals surface area contributed by atoms with E-state index in [4.69, 9.17) is 9.90 Å². The quantitative estimate of drug-likeness (QED) is 0.316. The van der Waals surface area contributed by atoms with Crippen LogP contribution < -0.4 is 10.4 Å². The second-order valence-corrected chi connectivity index (χ2v) is 13.6. The average molecular weight is 699 g/mol. The number of aryl methyl sites for hydroxylation is 1. The first kappa shape index (κ1) is 36.9. The predicted molar refractivity (Wildman–Crippen MR) is 180 cm³/mol. The molecule has 3 fully saturated rings. The Bertz CT molecular complexity index is 1640. The maximum Gasteiger partial charge on any atom is 0.490 e. The minimum absolute atomic E-state index is 0.0588. The number of hydrazine groups is 1. The fourth-order valence-electron chi connectivity index (χ4n) is 6.99. The van der Waals surface area contributed by atoms with E-state index in [9.17, 15) is 23.2 Å². The summed E-state index contributed by atoms with van der Waals surface area (Å²) in [6.45, 7) is 9.59. The van der Waals surface area contributed by atoms with Crippen molar-refractivity contribution < 1.29 is 27.9 Å². The van der Waals surface area contributed by atoms with Gasteiger partial charge in [0.15, 0.2) is 17.0 Å². The van der Waals surface area contributed by atoms with E-state index in [1.165, 1.54) is 50.9 Å². The number of aromatic nitrogens is 4. The summed E-state index contributed by atoms with van der Waals surface area (Å²) in [7, 11) is 4.08. The zero-order valence-corrected chi connectivity index (χ0v) is 28.6. The molecule has 2 saturated heterocycles. The van der Waals surface area contributed by atoms with E-state index in [2.05, 4.69) is 60.3 Å². The van der Waals surface area contributed by atoms with Gasteiger partial charge in [0.2, 0.25) is 5.82 Å². The van der Waals surface area contributed by atoms with E-state index in [-0.39, 0.29) is 11.7 Å². The van der Waals surface area contributed by atoms with Crippen LogP contribution in [0.1, 0.15) is 60.3 Å². The fraction of sp³-hybridized carbons (Fsp3) is 0.588. The number of carbonyl (C=O) groups excluding carboxylic acids is 1. The van der Waals surface area contributed by atoms with E-state index in [1.54, 1.807) is 15.9 Å². The molecule has 1 unspecified atom stereocenters. The monoisotopic (exact) mass is 698 g/mol. The third-order valence-corrected chi connectivity index (χ3v) is 9.62. The van der Waals surface area contributed by atoms with Crippen LogP contribution in [0.15, 0.2) is 30.6 Å². The molecule has 1 saturated carbocycles. The summed E-state index contributed by atoms with van der Waals surface area (Å²) < 4.78 is 33.5. The van der Waals surface area contributed by atoms with Crippen LogP contribution >= 0.6 is 0 Å².